The van der Waals surface area contributed by atoms with E-state index in [9.17, 15) is 14.9 Å². The maximum atomic E-state index is 12.5. The van der Waals surface area contributed by atoms with Crippen molar-refractivity contribution in [2.45, 2.75) is 25.3 Å². The molecule has 0 spiro atoms. The number of nitrogen functional groups attached to an aromatic ring is 2. The lowest BCUT2D eigenvalue weighted by molar-refractivity contribution is 0.0652. The summed E-state index contributed by atoms with van der Waals surface area (Å²) in [5.41, 5.74) is 15.3. The molecule has 2 aliphatic rings. The smallest absolute Gasteiger partial charge is 0.261 e. The predicted octanol–water partition coefficient (Wildman–Crippen LogP) is 2.88. The Balaban J connectivity index is 1.28. The highest BCUT2D eigenvalue weighted by atomic mass is 16.2. The van der Waals surface area contributed by atoms with E-state index < -0.39 is 6.04 Å². The summed E-state index contributed by atoms with van der Waals surface area (Å²) < 4.78 is 0. The molecular formula is C29H23N9O2. The molecule has 196 valence electrons. The second-order valence-corrected chi connectivity index (χ2v) is 9.09. The SMILES string of the molecule is N#CNC1=NC(c2cccc(C#CCCCCN3C(=O)c4ccccc4C3=O)c2)c2c(nc(N)c(C#N)c2N)N1. The number of nitrogens with zero attached hydrogens (tertiary/aromatic N) is 5. The first kappa shape index (κ1) is 25.8. The van der Waals surface area contributed by atoms with Crippen molar-refractivity contribution in [2.75, 3.05) is 23.3 Å². The fourth-order valence-electron chi connectivity index (χ4n) is 4.70. The van der Waals surface area contributed by atoms with Crippen molar-refractivity contribution in [3.63, 3.8) is 0 Å². The molecule has 3 aromatic rings. The lowest BCUT2D eigenvalue weighted by Crippen LogP contribution is -2.32. The number of nitrogens with one attached hydrogen (secondary N) is 2. The minimum Gasteiger partial charge on any atom is -0.397 e. The number of guanidine groups is 1. The van der Waals surface area contributed by atoms with E-state index in [-0.39, 0.29) is 34.8 Å². The molecule has 0 aliphatic carbocycles. The van der Waals surface area contributed by atoms with Gasteiger partial charge in [0.25, 0.3) is 11.8 Å². The molecule has 6 N–H and O–H groups in total. The van der Waals surface area contributed by atoms with Gasteiger partial charge in [0.2, 0.25) is 5.96 Å². The minimum absolute atomic E-state index is 0.0224. The number of nitrogens with two attached hydrogens (primary N) is 2. The van der Waals surface area contributed by atoms with Gasteiger partial charge < -0.3 is 16.8 Å². The maximum absolute atomic E-state index is 12.5. The quantitative estimate of drug-likeness (QED) is 0.127. The number of amides is 2. The van der Waals surface area contributed by atoms with Crippen LogP contribution in [0.15, 0.2) is 53.5 Å². The molecule has 2 amide bonds. The van der Waals surface area contributed by atoms with Gasteiger partial charge in [-0.05, 0) is 42.7 Å². The van der Waals surface area contributed by atoms with E-state index >= 15 is 0 Å². The molecule has 3 heterocycles. The highest BCUT2D eigenvalue weighted by Crippen LogP contribution is 2.40. The Morgan fingerprint density at radius 3 is 2.48 bits per heavy atom. The Labute approximate surface area is 230 Å². The van der Waals surface area contributed by atoms with Gasteiger partial charge in [0.15, 0.2) is 6.19 Å². The van der Waals surface area contributed by atoms with Gasteiger partial charge >= 0.3 is 0 Å². The van der Waals surface area contributed by atoms with Gasteiger partial charge in [-0.3, -0.25) is 19.8 Å². The number of pyridine rings is 1. The summed E-state index contributed by atoms with van der Waals surface area (Å²) in [6, 6.07) is 15.6. The van der Waals surface area contributed by atoms with Crippen LogP contribution in [0.5, 0.6) is 0 Å². The largest absolute Gasteiger partial charge is 0.397 e. The summed E-state index contributed by atoms with van der Waals surface area (Å²) in [7, 11) is 0. The molecule has 40 heavy (non-hydrogen) atoms. The molecule has 1 unspecified atom stereocenters. The number of benzene rings is 2. The number of fused-ring (bicyclic) bond motifs is 2. The van der Waals surface area contributed by atoms with Crippen LogP contribution in [-0.2, 0) is 0 Å². The number of hydrogen-bond acceptors (Lipinski definition) is 10. The first-order valence-corrected chi connectivity index (χ1v) is 12.5. The molecule has 2 aromatic carbocycles. The van der Waals surface area contributed by atoms with Crippen LogP contribution >= 0.6 is 0 Å². The Morgan fingerprint density at radius 1 is 1.02 bits per heavy atom. The zero-order valence-corrected chi connectivity index (χ0v) is 21.2. The van der Waals surface area contributed by atoms with Crippen molar-refractivity contribution in [3.05, 3.63) is 81.9 Å². The van der Waals surface area contributed by atoms with Crippen LogP contribution < -0.4 is 22.1 Å². The molecule has 0 radical (unpaired) electrons. The third-order valence-corrected chi connectivity index (χ3v) is 6.60. The molecule has 11 nitrogen and oxygen atoms in total. The van der Waals surface area contributed by atoms with E-state index in [0.29, 0.717) is 41.9 Å². The molecule has 0 saturated heterocycles. The third-order valence-electron chi connectivity index (χ3n) is 6.60. The number of nitriles is 2. The summed E-state index contributed by atoms with van der Waals surface area (Å²) in [5, 5.41) is 24.0. The molecule has 0 saturated carbocycles. The molecule has 1 atom stereocenters. The van der Waals surface area contributed by atoms with E-state index in [1.165, 1.54) is 4.90 Å². The summed E-state index contributed by atoms with van der Waals surface area (Å²) in [6.45, 7) is 0.348. The zero-order chi connectivity index (χ0) is 28.2. The lowest BCUT2D eigenvalue weighted by atomic mass is 9.94. The van der Waals surface area contributed by atoms with Gasteiger partial charge in [0, 0.05) is 24.1 Å². The first-order valence-electron chi connectivity index (χ1n) is 12.5. The molecule has 2 aliphatic heterocycles. The van der Waals surface area contributed by atoms with Crippen LogP contribution in [0, 0.1) is 34.6 Å². The number of carbonyl (C=O) groups excluding carboxylic acids is 2. The highest BCUT2D eigenvalue weighted by molar-refractivity contribution is 6.21. The standard InChI is InChI=1S/C29H23N9O2/c30-15-21-23(32)22-24(35-29(34-16-31)37-26(22)36-25(21)33)18-10-7-9-17(14-18)8-3-1-2-6-13-38-27(39)19-11-4-5-12-20(19)28(38)40/h4-5,7,9-12,14,24H,1-2,6,13H2,(H6,32,33,34,35,36,37). The van der Waals surface area contributed by atoms with Gasteiger partial charge in [-0.2, -0.15) is 10.5 Å². The van der Waals surface area contributed by atoms with Crippen molar-refractivity contribution in [1.29, 1.82) is 10.5 Å². The summed E-state index contributed by atoms with van der Waals surface area (Å²) in [5.74, 6) is 6.24. The van der Waals surface area contributed by atoms with Gasteiger partial charge in [0.1, 0.15) is 29.3 Å². The molecule has 11 heteroatoms. The van der Waals surface area contributed by atoms with Crippen molar-refractivity contribution >= 4 is 35.1 Å². The van der Waals surface area contributed by atoms with Crippen LogP contribution in [0.25, 0.3) is 0 Å². The second-order valence-electron chi connectivity index (χ2n) is 9.09. The number of anilines is 3. The van der Waals surface area contributed by atoms with Crippen LogP contribution in [0.2, 0.25) is 0 Å². The van der Waals surface area contributed by atoms with Crippen LogP contribution in [-0.4, -0.2) is 34.2 Å². The summed E-state index contributed by atoms with van der Waals surface area (Å²) in [4.78, 5) is 35.1. The number of unbranched alkanes of at least 4 members (excludes halogenated alkanes) is 2. The van der Waals surface area contributed by atoms with Crippen LogP contribution in [0.1, 0.15) is 68.3 Å². The van der Waals surface area contributed by atoms with Crippen molar-refractivity contribution in [1.82, 2.24) is 15.2 Å². The van der Waals surface area contributed by atoms with Crippen molar-refractivity contribution in [3.8, 4) is 24.1 Å². The van der Waals surface area contributed by atoms with Crippen LogP contribution in [0.3, 0.4) is 0 Å². The van der Waals surface area contributed by atoms with Gasteiger partial charge in [-0.15, -0.1) is 0 Å². The van der Waals surface area contributed by atoms with E-state index in [1.54, 1.807) is 24.3 Å². The molecule has 1 aromatic heterocycles. The van der Waals surface area contributed by atoms with Gasteiger partial charge in [-0.25, -0.2) is 9.98 Å². The normalized spacial score (nSPS) is 15.0. The van der Waals surface area contributed by atoms with E-state index in [1.807, 2.05) is 36.5 Å². The van der Waals surface area contributed by atoms with E-state index in [0.717, 1.165) is 17.5 Å². The van der Waals surface area contributed by atoms with Gasteiger partial charge in [-0.1, -0.05) is 36.1 Å². The zero-order valence-electron chi connectivity index (χ0n) is 21.2. The number of carbonyl (C=O) groups is 2. The highest BCUT2D eigenvalue weighted by Gasteiger charge is 2.34. The van der Waals surface area contributed by atoms with Gasteiger partial charge in [0.05, 0.1) is 16.8 Å². The molecule has 5 rings (SSSR count). The number of rotatable bonds is 5. The summed E-state index contributed by atoms with van der Waals surface area (Å²) >= 11 is 0. The predicted molar refractivity (Wildman–Crippen MR) is 148 cm³/mol. The lowest BCUT2D eigenvalue weighted by Gasteiger charge is -2.26. The van der Waals surface area contributed by atoms with E-state index in [4.69, 9.17) is 16.7 Å². The van der Waals surface area contributed by atoms with E-state index in [2.05, 4.69) is 32.5 Å². The number of aliphatic imine (C=N–C) groups is 1. The fourth-order valence-corrected chi connectivity index (χ4v) is 4.70. The number of aromatic nitrogens is 1. The summed E-state index contributed by atoms with van der Waals surface area (Å²) in [6.07, 6.45) is 3.77. The monoisotopic (exact) mass is 529 g/mol. The average Bonchev–Trinajstić information content (AvgIpc) is 3.19. The third kappa shape index (κ3) is 4.73. The Bertz CT molecular complexity index is 1680. The number of imide groups is 1. The number of hydrogen-bond donors (Lipinski definition) is 4. The Morgan fingerprint density at radius 2 is 1.77 bits per heavy atom. The Hall–Kier alpha value is -5.86. The fraction of sp³-hybridized carbons (Fsp3) is 0.172. The molecule has 0 fully saturated rings. The van der Waals surface area contributed by atoms with Crippen LogP contribution in [0.4, 0.5) is 17.3 Å². The second kappa shape index (κ2) is 10.9. The Kier molecular flexibility index (Phi) is 7.00. The first-order chi connectivity index (χ1) is 19.4. The minimum atomic E-state index is -0.659. The maximum Gasteiger partial charge on any atom is 0.261 e. The van der Waals surface area contributed by atoms with Crippen molar-refractivity contribution in [2.24, 2.45) is 4.99 Å². The molecule has 0 bridgehead atoms. The topological polar surface area (TPSA) is 186 Å². The molecular weight excluding hydrogens is 506 g/mol. The average molecular weight is 530 g/mol. The van der Waals surface area contributed by atoms with Crippen molar-refractivity contribution < 1.29 is 9.59 Å².